The molecule has 1 saturated heterocycles. The van der Waals surface area contributed by atoms with Gasteiger partial charge in [-0.15, -0.1) is 0 Å². The lowest BCUT2D eigenvalue weighted by atomic mass is 9.99. The van der Waals surface area contributed by atoms with E-state index < -0.39 is 5.60 Å². The summed E-state index contributed by atoms with van der Waals surface area (Å²) in [5.41, 5.74) is 6.01. The van der Waals surface area contributed by atoms with Crippen molar-refractivity contribution in [1.29, 1.82) is 0 Å². The number of H-pyrrole nitrogens is 1. The van der Waals surface area contributed by atoms with E-state index in [1.807, 2.05) is 57.2 Å². The molecule has 7 rings (SSSR count). The fourth-order valence-corrected chi connectivity index (χ4v) is 5.68. The predicted molar refractivity (Wildman–Crippen MR) is 167 cm³/mol. The number of benzene rings is 2. The highest BCUT2D eigenvalue weighted by molar-refractivity contribution is 6.02. The zero-order chi connectivity index (χ0) is 30.4. The highest BCUT2D eigenvalue weighted by Crippen LogP contribution is 2.39. The lowest BCUT2D eigenvalue weighted by molar-refractivity contribution is 0.0240. The van der Waals surface area contributed by atoms with Crippen molar-refractivity contribution in [3.05, 3.63) is 85.2 Å². The van der Waals surface area contributed by atoms with Gasteiger partial charge in [-0.3, -0.25) is 10.1 Å². The molecule has 0 bridgehead atoms. The maximum atomic E-state index is 15.9. The second kappa shape index (κ2) is 10.7. The van der Waals surface area contributed by atoms with Crippen molar-refractivity contribution in [3.63, 3.8) is 0 Å². The molecule has 0 saturated carbocycles. The first kappa shape index (κ1) is 27.5. The van der Waals surface area contributed by atoms with E-state index in [4.69, 9.17) is 14.8 Å². The number of rotatable bonds is 4. The van der Waals surface area contributed by atoms with Crippen LogP contribution in [0.2, 0.25) is 0 Å². The molecule has 1 fully saturated rings. The molecule has 6 aromatic rings. The molecule has 0 aliphatic carbocycles. The molecule has 2 aromatic carbocycles. The molecule has 5 heterocycles. The van der Waals surface area contributed by atoms with Gasteiger partial charge in [-0.05, 0) is 68.8 Å². The van der Waals surface area contributed by atoms with Gasteiger partial charge < -0.3 is 14.5 Å². The zero-order valence-corrected chi connectivity index (χ0v) is 24.7. The Bertz CT molecular complexity index is 1990. The van der Waals surface area contributed by atoms with Crippen LogP contribution in [0.1, 0.15) is 20.8 Å². The number of carbonyl (C=O) groups is 1. The second-order valence-electron chi connectivity index (χ2n) is 11.8. The maximum absolute atomic E-state index is 15.9. The summed E-state index contributed by atoms with van der Waals surface area (Å²) < 4.78 is 23.2. The number of amides is 1. The van der Waals surface area contributed by atoms with Gasteiger partial charge in [-0.2, -0.15) is 10.2 Å². The van der Waals surface area contributed by atoms with Crippen LogP contribution >= 0.6 is 0 Å². The highest BCUT2D eigenvalue weighted by Gasteiger charge is 2.27. The van der Waals surface area contributed by atoms with Gasteiger partial charge in [0.1, 0.15) is 17.1 Å². The summed E-state index contributed by atoms with van der Waals surface area (Å²) in [5.74, 6) is -0.371. The molecule has 0 unspecified atom stereocenters. The normalized spacial score (nSPS) is 14.0. The van der Waals surface area contributed by atoms with Gasteiger partial charge in [-0.25, -0.2) is 18.7 Å². The fraction of sp³-hybridized carbons (Fsp3) is 0.242. The summed E-state index contributed by atoms with van der Waals surface area (Å²) in [7, 11) is 0. The third kappa shape index (κ3) is 5.00. The molecule has 222 valence electrons. The average molecular weight is 591 g/mol. The Morgan fingerprint density at radius 3 is 2.50 bits per heavy atom. The minimum atomic E-state index is -0.549. The van der Waals surface area contributed by atoms with Gasteiger partial charge in [0.25, 0.3) is 0 Å². The first-order valence-electron chi connectivity index (χ1n) is 14.5. The second-order valence-corrected chi connectivity index (χ2v) is 11.8. The van der Waals surface area contributed by atoms with Crippen LogP contribution in [0.3, 0.4) is 0 Å². The third-order valence-electron chi connectivity index (χ3n) is 7.75. The lowest BCUT2D eigenvalue weighted by Gasteiger charge is -2.36. The molecule has 10 nitrogen and oxygen atoms in total. The Hall–Kier alpha value is -5.32. The number of aromatic amines is 1. The fourth-order valence-electron chi connectivity index (χ4n) is 5.68. The van der Waals surface area contributed by atoms with Gasteiger partial charge in [-0.1, -0.05) is 12.1 Å². The molecule has 1 aliphatic heterocycles. The van der Waals surface area contributed by atoms with E-state index in [0.717, 1.165) is 33.3 Å². The van der Waals surface area contributed by atoms with E-state index >= 15 is 4.39 Å². The summed E-state index contributed by atoms with van der Waals surface area (Å²) in [6.45, 7) is 7.72. The smallest absolute Gasteiger partial charge is 0.410 e. The van der Waals surface area contributed by atoms with Crippen LogP contribution in [-0.2, 0) is 4.74 Å². The third-order valence-corrected chi connectivity index (χ3v) is 7.75. The SMILES string of the molecule is CC(C)(C)OC(=O)N1CCN(c2ccc(-c3ccnc4c(-c5cccc6[nH]ncc56)c(-c5ccncc5)nn34)c(F)c2)CC1. The first-order valence-corrected chi connectivity index (χ1v) is 14.5. The van der Waals surface area contributed by atoms with Crippen molar-refractivity contribution in [2.24, 2.45) is 0 Å². The van der Waals surface area contributed by atoms with Crippen molar-refractivity contribution in [2.75, 3.05) is 31.1 Å². The number of hydrogen-bond acceptors (Lipinski definition) is 7. The number of halogens is 1. The van der Waals surface area contributed by atoms with Crippen molar-refractivity contribution in [1.82, 2.24) is 34.7 Å². The molecular weight excluding hydrogens is 559 g/mol. The van der Waals surface area contributed by atoms with Crippen molar-refractivity contribution in [2.45, 2.75) is 26.4 Å². The summed E-state index contributed by atoms with van der Waals surface area (Å²) in [6, 6.07) is 16.8. The van der Waals surface area contributed by atoms with Crippen LogP contribution < -0.4 is 4.90 Å². The van der Waals surface area contributed by atoms with E-state index in [1.54, 1.807) is 52.4 Å². The molecule has 11 heteroatoms. The van der Waals surface area contributed by atoms with E-state index in [9.17, 15) is 4.79 Å². The molecule has 44 heavy (non-hydrogen) atoms. The van der Waals surface area contributed by atoms with Crippen molar-refractivity contribution in [3.8, 4) is 33.6 Å². The molecule has 0 spiro atoms. The molecule has 0 radical (unpaired) electrons. The zero-order valence-electron chi connectivity index (χ0n) is 24.7. The van der Waals surface area contributed by atoms with E-state index in [2.05, 4.69) is 20.1 Å². The number of carbonyl (C=O) groups excluding carboxylic acids is 1. The first-order chi connectivity index (χ1) is 21.3. The highest BCUT2D eigenvalue weighted by atomic mass is 19.1. The van der Waals surface area contributed by atoms with Crippen LogP contribution in [0, 0.1) is 5.82 Å². The Kier molecular flexibility index (Phi) is 6.72. The average Bonchev–Trinajstić information content (AvgIpc) is 3.66. The number of piperazine rings is 1. The van der Waals surface area contributed by atoms with Gasteiger partial charge in [0.05, 0.1) is 23.0 Å². The molecule has 1 N–H and O–H groups in total. The molecule has 4 aromatic heterocycles. The Morgan fingerprint density at radius 1 is 0.955 bits per heavy atom. The van der Waals surface area contributed by atoms with Crippen LogP contribution in [0.15, 0.2) is 79.4 Å². The van der Waals surface area contributed by atoms with Gasteiger partial charge >= 0.3 is 6.09 Å². The molecule has 1 amide bonds. The predicted octanol–water partition coefficient (Wildman–Crippen LogP) is 6.20. The van der Waals surface area contributed by atoms with Gasteiger partial charge in [0, 0.05) is 67.0 Å². The number of hydrogen-bond donors (Lipinski definition) is 1. The molecule has 0 atom stereocenters. The van der Waals surface area contributed by atoms with E-state index in [0.29, 0.717) is 48.8 Å². The van der Waals surface area contributed by atoms with Crippen molar-refractivity contribution >= 4 is 28.3 Å². The van der Waals surface area contributed by atoms with E-state index in [1.165, 1.54) is 0 Å². The summed E-state index contributed by atoms with van der Waals surface area (Å²) in [4.78, 5) is 25.2. The van der Waals surface area contributed by atoms with Crippen LogP contribution in [0.4, 0.5) is 14.9 Å². The Balaban J connectivity index is 1.25. The van der Waals surface area contributed by atoms with Crippen LogP contribution in [0.25, 0.3) is 50.2 Å². The Morgan fingerprint density at radius 2 is 1.75 bits per heavy atom. The summed E-state index contributed by atoms with van der Waals surface area (Å²) >= 11 is 0. The monoisotopic (exact) mass is 590 g/mol. The van der Waals surface area contributed by atoms with E-state index in [-0.39, 0.29) is 11.9 Å². The topological polar surface area (TPSA) is 105 Å². The minimum absolute atomic E-state index is 0.325. The van der Waals surface area contributed by atoms with Gasteiger partial charge in [0.2, 0.25) is 0 Å². The quantitative estimate of drug-likeness (QED) is 0.261. The molecular formula is C33H31FN8O2. The molecule has 1 aliphatic rings. The summed E-state index contributed by atoms with van der Waals surface area (Å²) in [6.07, 6.45) is 6.60. The maximum Gasteiger partial charge on any atom is 0.410 e. The number of nitrogens with one attached hydrogen (secondary N) is 1. The Labute approximate surface area is 253 Å². The number of aromatic nitrogens is 6. The van der Waals surface area contributed by atoms with Crippen molar-refractivity contribution < 1.29 is 13.9 Å². The number of ether oxygens (including phenoxy) is 1. The summed E-state index contributed by atoms with van der Waals surface area (Å²) in [5, 5.41) is 13.2. The number of fused-ring (bicyclic) bond motifs is 2. The van der Waals surface area contributed by atoms with Gasteiger partial charge in [0.15, 0.2) is 5.65 Å². The largest absolute Gasteiger partial charge is 0.444 e. The van der Waals surface area contributed by atoms with Crippen LogP contribution in [-0.4, -0.2) is 72.6 Å². The standard InChI is InChI=1S/C33H31FN8O2/c1-33(2,3)44-32(43)41-17-15-40(16-18-41)22-7-8-24(26(34)19-22)28-11-14-36-31-29(23-5-4-6-27-25(23)20-37-38-27)30(39-42(28)31)21-9-12-35-13-10-21/h4-14,19-20H,15-18H2,1-3H3,(H,37,38). The minimum Gasteiger partial charge on any atom is -0.444 e. The lowest BCUT2D eigenvalue weighted by Crippen LogP contribution is -2.50. The number of nitrogens with zero attached hydrogens (tertiary/aromatic N) is 7. The number of pyridine rings is 1. The number of anilines is 1. The van der Waals surface area contributed by atoms with Crippen LogP contribution in [0.5, 0.6) is 0 Å².